The average Bonchev–Trinajstić information content (AvgIpc) is 2.64. The third-order valence-corrected chi connectivity index (χ3v) is 4.12. The summed E-state index contributed by atoms with van der Waals surface area (Å²) in [6, 6.07) is 12.8. The molecule has 0 aromatic heterocycles. The molecule has 2 aromatic carbocycles. The number of hydrogen-bond acceptors (Lipinski definition) is 5. The van der Waals surface area contributed by atoms with Crippen LogP contribution in [0.4, 0.5) is 14.5 Å². The summed E-state index contributed by atoms with van der Waals surface area (Å²) >= 11 is 0.436. The van der Waals surface area contributed by atoms with Crippen molar-refractivity contribution < 1.29 is 23.0 Å². The van der Waals surface area contributed by atoms with Gasteiger partial charge in [-0.1, -0.05) is 11.8 Å². The highest BCUT2D eigenvalue weighted by molar-refractivity contribution is 7.99. The number of rotatable bonds is 8. The van der Waals surface area contributed by atoms with Gasteiger partial charge in [-0.2, -0.15) is 14.0 Å². The van der Waals surface area contributed by atoms with E-state index in [1.54, 1.807) is 44.2 Å². The smallest absolute Gasteiger partial charge is 0.288 e. The van der Waals surface area contributed by atoms with E-state index in [1.165, 1.54) is 12.1 Å². The number of ether oxygens (including phenoxy) is 2. The van der Waals surface area contributed by atoms with Crippen LogP contribution in [-0.2, 0) is 4.79 Å². The van der Waals surface area contributed by atoms with Crippen LogP contribution in [-0.4, -0.2) is 24.4 Å². The summed E-state index contributed by atoms with van der Waals surface area (Å²) in [6.07, 6.45) is -0.841. The molecule has 1 atom stereocenters. The normalized spacial score (nSPS) is 11.6. The molecule has 0 fully saturated rings. The van der Waals surface area contributed by atoms with Gasteiger partial charge in [-0.15, -0.1) is 0 Å². The molecule has 0 unspecified atom stereocenters. The number of anilines is 1. The van der Waals surface area contributed by atoms with E-state index in [1.807, 2.05) is 6.07 Å². The fraction of sp³-hybridized carbons (Fsp3) is 0.263. The van der Waals surface area contributed by atoms with E-state index in [2.05, 4.69) is 5.32 Å². The topological polar surface area (TPSA) is 71.3 Å². The van der Waals surface area contributed by atoms with Crippen LogP contribution < -0.4 is 14.8 Å². The number of carbonyl (C=O) groups is 1. The molecular weight excluding hydrogens is 374 g/mol. The molecule has 0 heterocycles. The van der Waals surface area contributed by atoms with Gasteiger partial charge in [-0.25, -0.2) is 0 Å². The summed E-state index contributed by atoms with van der Waals surface area (Å²) in [5.74, 6) is -2.17. The SMILES string of the molecule is CCOc1cc(C#N)ccc1O[C@H](C)C(=O)Nc1ccc(SC(F)F)cc1. The standard InChI is InChI=1S/C19H18F2N2O3S/c1-3-25-17-10-13(11-22)4-9-16(17)26-12(2)18(24)23-14-5-7-15(8-6-14)27-19(20)21/h4-10,12,19H,3H2,1-2H3,(H,23,24)/t12-/m1/s1. The van der Waals surface area contributed by atoms with Crippen molar-refractivity contribution >= 4 is 23.4 Å². The maximum atomic E-state index is 12.3. The molecule has 8 heteroatoms. The van der Waals surface area contributed by atoms with Crippen LogP contribution in [0.1, 0.15) is 19.4 Å². The third-order valence-electron chi connectivity index (χ3n) is 3.39. The van der Waals surface area contributed by atoms with Crippen LogP contribution in [0, 0.1) is 11.3 Å². The molecule has 0 spiro atoms. The summed E-state index contributed by atoms with van der Waals surface area (Å²) in [5.41, 5.74) is 0.892. The lowest BCUT2D eigenvalue weighted by atomic mass is 10.2. The molecule has 0 aliphatic heterocycles. The molecule has 1 amide bonds. The van der Waals surface area contributed by atoms with E-state index in [9.17, 15) is 13.6 Å². The van der Waals surface area contributed by atoms with Gasteiger partial charge in [0.1, 0.15) is 0 Å². The minimum Gasteiger partial charge on any atom is -0.490 e. The van der Waals surface area contributed by atoms with Crippen LogP contribution >= 0.6 is 11.8 Å². The first-order valence-corrected chi connectivity index (χ1v) is 9.00. The van der Waals surface area contributed by atoms with Gasteiger partial charge in [0.05, 0.1) is 18.2 Å². The van der Waals surface area contributed by atoms with E-state index in [4.69, 9.17) is 14.7 Å². The molecule has 5 nitrogen and oxygen atoms in total. The highest BCUT2D eigenvalue weighted by Crippen LogP contribution is 2.30. The zero-order valence-electron chi connectivity index (χ0n) is 14.7. The lowest BCUT2D eigenvalue weighted by Gasteiger charge is -2.17. The molecule has 2 rings (SSSR count). The molecule has 27 heavy (non-hydrogen) atoms. The van der Waals surface area contributed by atoms with E-state index in [-0.39, 0.29) is 0 Å². The van der Waals surface area contributed by atoms with Gasteiger partial charge in [0.15, 0.2) is 17.6 Å². The molecule has 0 saturated carbocycles. The van der Waals surface area contributed by atoms with E-state index >= 15 is 0 Å². The number of nitrogens with zero attached hydrogens (tertiary/aromatic N) is 1. The lowest BCUT2D eigenvalue weighted by Crippen LogP contribution is -2.30. The molecule has 2 aromatic rings. The summed E-state index contributed by atoms with van der Waals surface area (Å²) in [6.45, 7) is 3.76. The van der Waals surface area contributed by atoms with Gasteiger partial charge in [0.25, 0.3) is 11.7 Å². The van der Waals surface area contributed by atoms with Crippen molar-refractivity contribution in [3.63, 3.8) is 0 Å². The second-order valence-electron chi connectivity index (χ2n) is 5.36. The van der Waals surface area contributed by atoms with Crippen LogP contribution in [0.15, 0.2) is 47.4 Å². The van der Waals surface area contributed by atoms with E-state index in [0.717, 1.165) is 0 Å². The molecule has 1 N–H and O–H groups in total. The Morgan fingerprint density at radius 2 is 1.93 bits per heavy atom. The number of amides is 1. The quantitative estimate of drug-likeness (QED) is 0.661. The predicted octanol–water partition coefficient (Wildman–Crippen LogP) is 4.68. The second kappa shape index (κ2) is 9.78. The van der Waals surface area contributed by atoms with Crippen molar-refractivity contribution in [2.75, 3.05) is 11.9 Å². The van der Waals surface area contributed by atoms with Crippen molar-refractivity contribution in [2.24, 2.45) is 0 Å². The number of benzene rings is 2. The Kier molecular flexibility index (Phi) is 7.44. The number of carbonyl (C=O) groups excluding carboxylic acids is 1. The van der Waals surface area contributed by atoms with Gasteiger partial charge in [-0.05, 0) is 50.2 Å². The highest BCUT2D eigenvalue weighted by atomic mass is 32.2. The van der Waals surface area contributed by atoms with Crippen LogP contribution in [0.5, 0.6) is 11.5 Å². The first-order valence-electron chi connectivity index (χ1n) is 8.12. The number of halogens is 2. The van der Waals surface area contributed by atoms with Crippen molar-refractivity contribution in [1.82, 2.24) is 0 Å². The number of alkyl halides is 2. The first-order chi connectivity index (χ1) is 12.9. The van der Waals surface area contributed by atoms with Gasteiger partial charge < -0.3 is 14.8 Å². The fourth-order valence-corrected chi connectivity index (χ4v) is 2.65. The zero-order valence-corrected chi connectivity index (χ0v) is 15.6. The average molecular weight is 392 g/mol. The van der Waals surface area contributed by atoms with Gasteiger partial charge in [-0.3, -0.25) is 4.79 Å². The predicted molar refractivity (Wildman–Crippen MR) is 99.3 cm³/mol. The molecule has 0 aliphatic carbocycles. The molecule has 0 bridgehead atoms. The molecular formula is C19H18F2N2O3S. The molecule has 142 valence electrons. The molecule has 0 radical (unpaired) electrons. The molecule has 0 saturated heterocycles. The van der Waals surface area contributed by atoms with Crippen molar-refractivity contribution in [3.8, 4) is 17.6 Å². The Labute approximate surface area is 160 Å². The van der Waals surface area contributed by atoms with E-state index in [0.29, 0.717) is 46.0 Å². The van der Waals surface area contributed by atoms with Crippen molar-refractivity contribution in [3.05, 3.63) is 48.0 Å². The van der Waals surface area contributed by atoms with E-state index < -0.39 is 17.8 Å². The Morgan fingerprint density at radius 3 is 2.52 bits per heavy atom. The largest absolute Gasteiger partial charge is 0.490 e. The maximum absolute atomic E-state index is 12.3. The van der Waals surface area contributed by atoms with Gasteiger partial charge >= 0.3 is 0 Å². The summed E-state index contributed by atoms with van der Waals surface area (Å²) in [5, 5.41) is 11.6. The Balaban J connectivity index is 2.02. The fourth-order valence-electron chi connectivity index (χ4n) is 2.15. The monoisotopic (exact) mass is 392 g/mol. The Morgan fingerprint density at radius 1 is 1.22 bits per heavy atom. The van der Waals surface area contributed by atoms with Gasteiger partial charge in [0, 0.05) is 16.6 Å². The second-order valence-corrected chi connectivity index (χ2v) is 6.42. The van der Waals surface area contributed by atoms with Crippen LogP contribution in [0.25, 0.3) is 0 Å². The maximum Gasteiger partial charge on any atom is 0.288 e. The summed E-state index contributed by atoms with van der Waals surface area (Å²) in [4.78, 5) is 12.7. The van der Waals surface area contributed by atoms with Crippen molar-refractivity contribution in [1.29, 1.82) is 5.26 Å². The third kappa shape index (κ3) is 6.15. The number of hydrogen-bond donors (Lipinski definition) is 1. The summed E-state index contributed by atoms with van der Waals surface area (Å²) in [7, 11) is 0. The summed E-state index contributed by atoms with van der Waals surface area (Å²) < 4.78 is 35.8. The Bertz CT molecular complexity index is 823. The first kappa shape index (κ1) is 20.5. The Hall–Kier alpha value is -2.79. The van der Waals surface area contributed by atoms with Crippen LogP contribution in [0.2, 0.25) is 0 Å². The van der Waals surface area contributed by atoms with Gasteiger partial charge in [0.2, 0.25) is 0 Å². The lowest BCUT2D eigenvalue weighted by molar-refractivity contribution is -0.122. The minimum absolute atomic E-state index is 0.349. The number of thioether (sulfide) groups is 1. The van der Waals surface area contributed by atoms with Crippen molar-refractivity contribution in [2.45, 2.75) is 30.6 Å². The zero-order chi connectivity index (χ0) is 19.8. The highest BCUT2D eigenvalue weighted by Gasteiger charge is 2.18. The van der Waals surface area contributed by atoms with Crippen LogP contribution in [0.3, 0.4) is 0 Å². The molecule has 0 aliphatic rings. The number of nitrogens with one attached hydrogen (secondary N) is 1. The minimum atomic E-state index is -2.49. The number of nitriles is 1.